The van der Waals surface area contributed by atoms with E-state index in [1.165, 1.54) is 0 Å². The number of carbonyl (C=O) groups excluding carboxylic acids is 3. The summed E-state index contributed by atoms with van der Waals surface area (Å²) in [6, 6.07) is 22.2. The highest BCUT2D eigenvalue weighted by atomic mass is 16.5. The Bertz CT molecular complexity index is 1440. The number of hydrogen-bond acceptors (Lipinski definition) is 6. The first-order valence-electron chi connectivity index (χ1n) is 13.4. The molecule has 9 heteroatoms. The van der Waals surface area contributed by atoms with Gasteiger partial charge in [-0.05, 0) is 41.8 Å². The van der Waals surface area contributed by atoms with Crippen molar-refractivity contribution in [2.24, 2.45) is 5.73 Å². The average Bonchev–Trinajstić information content (AvgIpc) is 3.40. The lowest BCUT2D eigenvalue weighted by molar-refractivity contribution is -0.147. The number of aromatic amines is 1. The Kier molecular flexibility index (Phi) is 9.90. The third-order valence-electron chi connectivity index (χ3n) is 6.57. The first-order valence-corrected chi connectivity index (χ1v) is 13.4. The second-order valence-corrected chi connectivity index (χ2v) is 9.63. The summed E-state index contributed by atoms with van der Waals surface area (Å²) in [7, 11) is 0. The van der Waals surface area contributed by atoms with Crippen LogP contribution in [0.25, 0.3) is 10.9 Å². The van der Waals surface area contributed by atoms with Crippen molar-refractivity contribution in [2.75, 3.05) is 5.43 Å². The molecule has 0 fully saturated rings. The van der Waals surface area contributed by atoms with Gasteiger partial charge in [-0.2, -0.15) is 0 Å². The number of amides is 2. The lowest BCUT2D eigenvalue weighted by Crippen LogP contribution is -2.43. The molecule has 2 atom stereocenters. The summed E-state index contributed by atoms with van der Waals surface area (Å²) in [6.45, 7) is 2.13. The number of anilines is 1. The summed E-state index contributed by atoms with van der Waals surface area (Å²) in [6.07, 6.45) is 4.48. The molecule has 40 heavy (non-hydrogen) atoms. The fourth-order valence-corrected chi connectivity index (χ4v) is 4.30. The van der Waals surface area contributed by atoms with E-state index in [9.17, 15) is 14.4 Å². The minimum atomic E-state index is -0.927. The van der Waals surface area contributed by atoms with Crippen molar-refractivity contribution in [3.8, 4) is 0 Å². The second kappa shape index (κ2) is 14.0. The number of H-pyrrole nitrogens is 1. The predicted molar refractivity (Wildman–Crippen MR) is 155 cm³/mol. The summed E-state index contributed by atoms with van der Waals surface area (Å²) in [5, 5.41) is 3.81. The number of benzene rings is 3. The number of rotatable bonds is 13. The summed E-state index contributed by atoms with van der Waals surface area (Å²) >= 11 is 0. The largest absolute Gasteiger partial charge is 0.459 e. The Morgan fingerprint density at radius 2 is 1.75 bits per heavy atom. The van der Waals surface area contributed by atoms with Crippen molar-refractivity contribution in [1.29, 1.82) is 0 Å². The van der Waals surface area contributed by atoms with E-state index in [4.69, 9.17) is 10.5 Å². The molecule has 0 unspecified atom stereocenters. The number of hydrogen-bond donors (Lipinski definition) is 5. The number of esters is 1. The van der Waals surface area contributed by atoms with Gasteiger partial charge in [0.05, 0.1) is 11.7 Å². The fourth-order valence-electron chi connectivity index (χ4n) is 4.30. The van der Waals surface area contributed by atoms with Gasteiger partial charge in [0.15, 0.2) is 0 Å². The molecule has 0 saturated carbocycles. The highest BCUT2D eigenvalue weighted by Gasteiger charge is 2.25. The predicted octanol–water partition coefficient (Wildman–Crippen LogP) is 4.21. The molecule has 0 spiro atoms. The smallest absolute Gasteiger partial charge is 0.329 e. The highest BCUT2D eigenvalue weighted by molar-refractivity contribution is 5.98. The average molecular weight is 542 g/mol. The standard InChI is InChI=1S/C31H35N5O4/c1-2-3-15-26(32)30(38)36-35-24-13-9-12-22(17-24)29(37)34-28(31(39)40-20-21-10-5-4-6-11-21)18-23-19-33-27-16-8-7-14-25(23)27/h4-14,16-17,19,26,28,33,35H,2-3,15,18,20,32H2,1H3,(H,34,37)(H,36,38)/t26-,28-/m0/s1. The Hall–Kier alpha value is -4.63. The molecule has 0 aliphatic heterocycles. The van der Waals surface area contributed by atoms with Crippen molar-refractivity contribution in [1.82, 2.24) is 15.7 Å². The van der Waals surface area contributed by atoms with Gasteiger partial charge < -0.3 is 20.8 Å². The maximum absolute atomic E-state index is 13.3. The van der Waals surface area contributed by atoms with Gasteiger partial charge in [0.2, 0.25) is 0 Å². The van der Waals surface area contributed by atoms with Crippen LogP contribution < -0.4 is 21.9 Å². The van der Waals surface area contributed by atoms with Crippen LogP contribution in [0.4, 0.5) is 5.69 Å². The Morgan fingerprint density at radius 1 is 0.975 bits per heavy atom. The molecule has 6 N–H and O–H groups in total. The number of nitrogens with one attached hydrogen (secondary N) is 4. The van der Waals surface area contributed by atoms with Gasteiger partial charge in [-0.1, -0.05) is 74.4 Å². The summed E-state index contributed by atoms with van der Waals surface area (Å²) in [4.78, 5) is 41.9. The second-order valence-electron chi connectivity index (χ2n) is 9.63. The van der Waals surface area contributed by atoms with Gasteiger partial charge in [-0.15, -0.1) is 0 Å². The molecule has 9 nitrogen and oxygen atoms in total. The molecular formula is C31H35N5O4. The maximum Gasteiger partial charge on any atom is 0.329 e. The number of para-hydroxylation sites is 1. The van der Waals surface area contributed by atoms with Gasteiger partial charge in [0.25, 0.3) is 11.8 Å². The monoisotopic (exact) mass is 541 g/mol. The Balaban J connectivity index is 1.45. The van der Waals surface area contributed by atoms with Crippen LogP contribution in [0.2, 0.25) is 0 Å². The molecule has 2 amide bonds. The minimum absolute atomic E-state index is 0.0967. The first kappa shape index (κ1) is 28.4. The van der Waals surface area contributed by atoms with E-state index in [1.807, 2.05) is 67.7 Å². The first-order chi connectivity index (χ1) is 19.4. The minimum Gasteiger partial charge on any atom is -0.459 e. The number of aromatic nitrogens is 1. The van der Waals surface area contributed by atoms with Crippen LogP contribution in [0, 0.1) is 0 Å². The zero-order valence-corrected chi connectivity index (χ0v) is 22.5. The number of nitrogens with two attached hydrogens (primary N) is 1. The number of hydrazine groups is 1. The molecule has 1 heterocycles. The molecule has 0 aliphatic rings. The van der Waals surface area contributed by atoms with Crippen molar-refractivity contribution in [3.05, 3.63) is 102 Å². The van der Waals surface area contributed by atoms with Crippen LogP contribution in [0.15, 0.2) is 85.1 Å². The quantitative estimate of drug-likeness (QED) is 0.127. The van der Waals surface area contributed by atoms with E-state index < -0.39 is 24.0 Å². The van der Waals surface area contributed by atoms with Crippen LogP contribution in [0.5, 0.6) is 0 Å². The Labute approximate surface area is 233 Å². The highest BCUT2D eigenvalue weighted by Crippen LogP contribution is 2.20. The lowest BCUT2D eigenvalue weighted by Gasteiger charge is -2.18. The van der Waals surface area contributed by atoms with Crippen LogP contribution in [0.3, 0.4) is 0 Å². The SMILES string of the molecule is CCCC[C@H](N)C(=O)NNc1cccc(C(=O)N[C@@H](Cc2c[nH]c3ccccc23)C(=O)OCc2ccccc2)c1. The summed E-state index contributed by atoms with van der Waals surface area (Å²) in [5.74, 6) is -1.32. The molecule has 3 aromatic carbocycles. The molecule has 4 rings (SSSR count). The topological polar surface area (TPSA) is 138 Å². The van der Waals surface area contributed by atoms with E-state index in [2.05, 4.69) is 21.2 Å². The van der Waals surface area contributed by atoms with Crippen LogP contribution in [0.1, 0.15) is 47.7 Å². The third-order valence-corrected chi connectivity index (χ3v) is 6.57. The number of fused-ring (bicyclic) bond motifs is 1. The number of carbonyl (C=O) groups is 3. The van der Waals surface area contributed by atoms with E-state index in [-0.39, 0.29) is 18.9 Å². The zero-order valence-electron chi connectivity index (χ0n) is 22.5. The molecule has 0 bridgehead atoms. The molecule has 208 valence electrons. The van der Waals surface area contributed by atoms with Crippen molar-refractivity contribution in [2.45, 2.75) is 51.3 Å². The molecular weight excluding hydrogens is 506 g/mol. The van der Waals surface area contributed by atoms with Gasteiger partial charge in [0, 0.05) is 29.1 Å². The van der Waals surface area contributed by atoms with Crippen LogP contribution >= 0.6 is 0 Å². The fraction of sp³-hybridized carbons (Fsp3) is 0.258. The molecule has 0 radical (unpaired) electrons. The van der Waals surface area contributed by atoms with Gasteiger partial charge >= 0.3 is 5.97 Å². The number of ether oxygens (including phenoxy) is 1. The van der Waals surface area contributed by atoms with Crippen LogP contribution in [-0.2, 0) is 27.4 Å². The molecule has 4 aromatic rings. The lowest BCUT2D eigenvalue weighted by atomic mass is 10.0. The molecule has 1 aromatic heterocycles. The van der Waals surface area contributed by atoms with E-state index in [1.54, 1.807) is 24.3 Å². The third kappa shape index (κ3) is 7.70. The van der Waals surface area contributed by atoms with Gasteiger partial charge in [-0.3, -0.25) is 20.4 Å². The van der Waals surface area contributed by atoms with Crippen molar-refractivity contribution < 1.29 is 19.1 Å². The molecule has 0 aliphatic carbocycles. The van der Waals surface area contributed by atoms with Gasteiger partial charge in [0.1, 0.15) is 12.6 Å². The van der Waals surface area contributed by atoms with E-state index >= 15 is 0 Å². The van der Waals surface area contributed by atoms with Crippen LogP contribution in [-0.4, -0.2) is 34.9 Å². The number of unbranched alkanes of at least 4 members (excludes halogenated alkanes) is 1. The molecule has 0 saturated heterocycles. The van der Waals surface area contributed by atoms with E-state index in [0.29, 0.717) is 17.7 Å². The summed E-state index contributed by atoms with van der Waals surface area (Å²) < 4.78 is 5.59. The normalized spacial score (nSPS) is 12.3. The van der Waals surface area contributed by atoms with Crippen molar-refractivity contribution >= 4 is 34.4 Å². The Morgan fingerprint density at radius 3 is 2.55 bits per heavy atom. The van der Waals surface area contributed by atoms with Crippen molar-refractivity contribution in [3.63, 3.8) is 0 Å². The van der Waals surface area contributed by atoms with E-state index in [0.717, 1.165) is 34.9 Å². The zero-order chi connectivity index (χ0) is 28.3. The maximum atomic E-state index is 13.3. The van der Waals surface area contributed by atoms with Gasteiger partial charge in [-0.25, -0.2) is 4.79 Å². The summed E-state index contributed by atoms with van der Waals surface area (Å²) in [5.41, 5.74) is 14.8.